The van der Waals surface area contributed by atoms with Crippen molar-refractivity contribution in [2.75, 3.05) is 0 Å². The van der Waals surface area contributed by atoms with E-state index in [0.29, 0.717) is 4.35 Å². The summed E-state index contributed by atoms with van der Waals surface area (Å²) in [5, 5.41) is 8.82. The number of nitrogens with zero attached hydrogens (tertiary/aromatic N) is 1. The van der Waals surface area contributed by atoms with Gasteiger partial charge in [0.2, 0.25) is 0 Å². The molecule has 0 fully saturated rings. The number of carboxylic acids is 1. The van der Waals surface area contributed by atoms with Crippen LogP contribution in [0.1, 0.15) is 10.5 Å². The third-order valence-corrected chi connectivity index (χ3v) is 2.71. The predicted molar refractivity (Wildman–Crippen MR) is 46.6 cm³/mol. The van der Waals surface area contributed by atoms with Gasteiger partial charge in [0.05, 0.1) is 0 Å². The normalized spacial score (nSPS) is 9.92. The van der Waals surface area contributed by atoms with Crippen LogP contribution in [0.25, 0.3) is 0 Å². The summed E-state index contributed by atoms with van der Waals surface area (Å²) < 4.78 is 0.543. The molecule has 1 N–H and O–H groups in total. The average molecular weight is 266 g/mol. The Balaban J connectivity index is 3.37. The second kappa shape index (κ2) is 3.65. The van der Waals surface area contributed by atoms with Gasteiger partial charge in [0.1, 0.15) is 0 Å². The van der Waals surface area contributed by atoms with Crippen LogP contribution >= 0.6 is 23.2 Å². The monoisotopic (exact) mass is 265 g/mol. The van der Waals surface area contributed by atoms with Gasteiger partial charge in [-0.05, 0) is 0 Å². The Labute approximate surface area is 87.2 Å². The zero-order chi connectivity index (χ0) is 9.30. The third kappa shape index (κ3) is 1.92. The van der Waals surface area contributed by atoms with E-state index in [1.807, 2.05) is 0 Å². The predicted octanol–water partition coefficient (Wildman–Crippen LogP) is 0.880. The second-order valence-electron chi connectivity index (χ2n) is 1.93. The average Bonchev–Trinajstić information content (AvgIpc) is 1.96. The molecule has 1 aromatic rings. The summed E-state index contributed by atoms with van der Waals surface area (Å²) in [6, 6.07) is 1.48. The molecule has 2 radical (unpaired) electrons. The molecule has 0 spiro atoms. The van der Waals surface area contributed by atoms with Gasteiger partial charge in [-0.2, -0.15) is 0 Å². The van der Waals surface area contributed by atoms with Crippen molar-refractivity contribution in [3.05, 3.63) is 21.9 Å². The Bertz CT molecular complexity index is 343. The maximum atomic E-state index is 10.5. The molecule has 0 aromatic carbocycles. The number of carbonyl (C=O) groups is 1. The van der Waals surface area contributed by atoms with Gasteiger partial charge in [0.25, 0.3) is 0 Å². The Morgan fingerprint density at radius 2 is 2.17 bits per heavy atom. The van der Waals surface area contributed by atoms with E-state index in [9.17, 15) is 4.79 Å². The zero-order valence-corrected chi connectivity index (χ0v) is 8.97. The molecule has 0 unspecified atom stereocenters. The van der Waals surface area contributed by atoms with E-state index in [0.717, 1.165) is 0 Å². The molecular weight excluding hydrogens is 264 g/mol. The molecule has 0 bridgehead atoms. The fraction of sp³-hybridized carbons (Fsp3) is 0. The Hall–Kier alpha value is -0.242. The van der Waals surface area contributed by atoms with Gasteiger partial charge in [-0.1, -0.05) is 0 Å². The van der Waals surface area contributed by atoms with E-state index in [1.165, 1.54) is 6.07 Å². The van der Waals surface area contributed by atoms with Gasteiger partial charge >= 0.3 is 87.2 Å². The van der Waals surface area contributed by atoms with Crippen LogP contribution in [0.2, 0.25) is 10.2 Å². The van der Waals surface area contributed by atoms with Gasteiger partial charge in [-0.3, -0.25) is 0 Å². The van der Waals surface area contributed by atoms with Crippen LogP contribution in [0.4, 0.5) is 0 Å². The number of aromatic nitrogens is 1. The topological polar surface area (TPSA) is 50.2 Å². The molecule has 62 valence electrons. The van der Waals surface area contributed by atoms with Crippen LogP contribution in [0, 0.1) is 0 Å². The summed E-state index contributed by atoms with van der Waals surface area (Å²) in [7, 11) is 0. The molecule has 3 nitrogen and oxygen atoms in total. The number of aromatic carboxylic acids is 1. The number of hydrogen-bond acceptors (Lipinski definition) is 2. The first-order valence-corrected chi connectivity index (χ1v) is 4.50. The standard InChI is InChI=1S/C6H2AsCl2NO2/c7-2-1-3(8)10-5(4(2)9)6(11)12/h1H,(H,11,12). The fourth-order valence-corrected chi connectivity index (χ4v) is 1.64. The molecule has 0 aliphatic rings. The summed E-state index contributed by atoms with van der Waals surface area (Å²) in [6.07, 6.45) is 0. The molecule has 0 amide bonds. The zero-order valence-electron chi connectivity index (χ0n) is 5.58. The number of carboxylic acid groups (broad SMARTS) is 1. The van der Waals surface area contributed by atoms with E-state index in [-0.39, 0.29) is 15.9 Å². The molecule has 12 heavy (non-hydrogen) atoms. The summed E-state index contributed by atoms with van der Waals surface area (Å²) in [5.74, 6) is -1.19. The molecular formula is C6H2AsCl2NO2. The summed E-state index contributed by atoms with van der Waals surface area (Å²) in [6.45, 7) is 0. The van der Waals surface area contributed by atoms with Crippen LogP contribution in [-0.2, 0) is 0 Å². The summed E-state index contributed by atoms with van der Waals surface area (Å²) in [5.41, 5.74) is -0.222. The first kappa shape index (κ1) is 9.84. The van der Waals surface area contributed by atoms with Crippen molar-refractivity contribution in [3.63, 3.8) is 0 Å². The quantitative estimate of drug-likeness (QED) is 0.606. The van der Waals surface area contributed by atoms with Gasteiger partial charge < -0.3 is 0 Å². The molecule has 6 heteroatoms. The maximum absolute atomic E-state index is 10.5. The first-order chi connectivity index (χ1) is 5.52. The molecule has 1 aromatic heterocycles. The van der Waals surface area contributed by atoms with Crippen LogP contribution in [0.15, 0.2) is 6.07 Å². The van der Waals surface area contributed by atoms with Crippen molar-refractivity contribution in [2.45, 2.75) is 0 Å². The molecule has 0 saturated heterocycles. The fourth-order valence-electron chi connectivity index (χ4n) is 0.627. The van der Waals surface area contributed by atoms with Crippen LogP contribution in [0.5, 0.6) is 0 Å². The van der Waals surface area contributed by atoms with E-state index in [4.69, 9.17) is 28.3 Å². The number of rotatable bonds is 1. The van der Waals surface area contributed by atoms with Gasteiger partial charge in [-0.25, -0.2) is 0 Å². The van der Waals surface area contributed by atoms with E-state index in [1.54, 1.807) is 0 Å². The van der Waals surface area contributed by atoms with Gasteiger partial charge in [0.15, 0.2) is 0 Å². The first-order valence-electron chi connectivity index (χ1n) is 2.80. The molecule has 1 rings (SSSR count). The SMILES string of the molecule is O=C(O)c1nc(Cl)cc([As])c1Cl. The van der Waals surface area contributed by atoms with Crippen LogP contribution in [-0.4, -0.2) is 32.9 Å². The van der Waals surface area contributed by atoms with E-state index < -0.39 is 5.97 Å². The molecule has 0 atom stereocenters. The minimum atomic E-state index is -1.19. The molecule has 0 aliphatic heterocycles. The van der Waals surface area contributed by atoms with E-state index >= 15 is 0 Å². The van der Waals surface area contributed by atoms with Crippen LogP contribution < -0.4 is 4.35 Å². The number of hydrogen-bond donors (Lipinski definition) is 1. The Morgan fingerprint density at radius 3 is 2.67 bits per heavy atom. The van der Waals surface area contributed by atoms with E-state index in [2.05, 4.69) is 21.8 Å². The summed E-state index contributed by atoms with van der Waals surface area (Å²) >= 11 is 13.3. The van der Waals surface area contributed by atoms with Crippen molar-refractivity contribution in [1.29, 1.82) is 0 Å². The number of halogens is 2. The second-order valence-corrected chi connectivity index (χ2v) is 3.71. The molecule has 0 saturated carbocycles. The minimum absolute atomic E-state index is 0.104. The molecule has 1 heterocycles. The summed E-state index contributed by atoms with van der Waals surface area (Å²) in [4.78, 5) is 14.1. The van der Waals surface area contributed by atoms with Crippen molar-refractivity contribution < 1.29 is 9.90 Å². The van der Waals surface area contributed by atoms with Crippen molar-refractivity contribution >= 4 is 50.4 Å². The third-order valence-electron chi connectivity index (χ3n) is 1.11. The van der Waals surface area contributed by atoms with Crippen molar-refractivity contribution in [2.24, 2.45) is 0 Å². The Morgan fingerprint density at radius 1 is 1.58 bits per heavy atom. The van der Waals surface area contributed by atoms with Crippen LogP contribution in [0.3, 0.4) is 0 Å². The van der Waals surface area contributed by atoms with Gasteiger partial charge in [0, 0.05) is 0 Å². The van der Waals surface area contributed by atoms with Crippen molar-refractivity contribution in [3.8, 4) is 0 Å². The molecule has 0 aliphatic carbocycles. The van der Waals surface area contributed by atoms with Gasteiger partial charge in [-0.15, -0.1) is 0 Å². The van der Waals surface area contributed by atoms with Crippen molar-refractivity contribution in [1.82, 2.24) is 4.98 Å². The Kier molecular flexibility index (Phi) is 2.99. The number of pyridine rings is 1.